The molecule has 1 saturated carbocycles. The number of likely N-dealkylation sites (N-methyl/N-ethyl adjacent to an activating group) is 1. The Hall–Kier alpha value is -2.79. The van der Waals surface area contributed by atoms with Crippen molar-refractivity contribution in [3.63, 3.8) is 0 Å². The largest absolute Gasteiger partial charge is 0.495 e. The van der Waals surface area contributed by atoms with Crippen molar-refractivity contribution < 1.29 is 17.5 Å². The number of halogens is 1. The standard InChI is InChI=1S/C20H23FN6O3S/c1-25(31(28,29)17-10-14(21)6-7-16(17)30-2)15-11-26(12-15)19-9-8-18-22-23-20(27(18)24-19)13-4-3-5-13/h6-10,13,15H,3-5,11-12H2,1-2H3. The van der Waals surface area contributed by atoms with Crippen LogP contribution in [0.1, 0.15) is 31.0 Å². The van der Waals surface area contributed by atoms with E-state index in [2.05, 4.69) is 10.2 Å². The van der Waals surface area contributed by atoms with Crippen molar-refractivity contribution in [3.05, 3.63) is 42.0 Å². The predicted molar refractivity (Wildman–Crippen MR) is 111 cm³/mol. The number of hydrogen-bond donors (Lipinski definition) is 0. The molecule has 0 atom stereocenters. The van der Waals surface area contributed by atoms with Crippen molar-refractivity contribution in [3.8, 4) is 5.75 Å². The van der Waals surface area contributed by atoms with Gasteiger partial charge in [-0.25, -0.2) is 12.8 Å². The summed E-state index contributed by atoms with van der Waals surface area (Å²) in [6.45, 7) is 0.958. The minimum Gasteiger partial charge on any atom is -0.495 e. The first-order valence-electron chi connectivity index (χ1n) is 10.2. The predicted octanol–water partition coefficient (Wildman–Crippen LogP) is 2.05. The van der Waals surface area contributed by atoms with E-state index in [4.69, 9.17) is 9.84 Å². The molecule has 11 heteroatoms. The molecule has 0 N–H and O–H groups in total. The van der Waals surface area contributed by atoms with E-state index in [1.165, 1.54) is 37.0 Å². The van der Waals surface area contributed by atoms with Gasteiger partial charge in [-0.15, -0.1) is 15.3 Å². The van der Waals surface area contributed by atoms with Crippen LogP contribution in [-0.4, -0.2) is 65.8 Å². The molecular formula is C20H23FN6O3S. The highest BCUT2D eigenvalue weighted by Crippen LogP contribution is 2.35. The Bertz CT molecular complexity index is 1240. The summed E-state index contributed by atoms with van der Waals surface area (Å²) in [5.41, 5.74) is 0.709. The van der Waals surface area contributed by atoms with Crippen LogP contribution in [0.3, 0.4) is 0 Å². The average Bonchev–Trinajstić information content (AvgIpc) is 3.08. The molecule has 0 spiro atoms. The van der Waals surface area contributed by atoms with Gasteiger partial charge >= 0.3 is 0 Å². The normalized spacial score (nSPS) is 17.7. The summed E-state index contributed by atoms with van der Waals surface area (Å²) < 4.78 is 48.0. The van der Waals surface area contributed by atoms with Crippen molar-refractivity contribution in [1.29, 1.82) is 0 Å². The number of hydrogen-bond acceptors (Lipinski definition) is 7. The smallest absolute Gasteiger partial charge is 0.246 e. The van der Waals surface area contributed by atoms with E-state index in [-0.39, 0.29) is 16.7 Å². The van der Waals surface area contributed by atoms with Crippen LogP contribution in [0.5, 0.6) is 5.75 Å². The molecule has 1 aromatic carbocycles. The molecule has 3 heterocycles. The third-order valence-electron chi connectivity index (χ3n) is 6.23. The lowest BCUT2D eigenvalue weighted by Crippen LogP contribution is -2.60. The van der Waals surface area contributed by atoms with Gasteiger partial charge in [0.25, 0.3) is 0 Å². The maximum absolute atomic E-state index is 13.7. The van der Waals surface area contributed by atoms with Crippen molar-refractivity contribution in [2.24, 2.45) is 0 Å². The van der Waals surface area contributed by atoms with Crippen molar-refractivity contribution in [2.45, 2.75) is 36.1 Å². The summed E-state index contributed by atoms with van der Waals surface area (Å²) in [5, 5.41) is 13.2. The molecular weight excluding hydrogens is 423 g/mol. The maximum atomic E-state index is 13.7. The number of aromatic nitrogens is 4. The van der Waals surface area contributed by atoms with Gasteiger partial charge in [0.15, 0.2) is 11.5 Å². The Morgan fingerprint density at radius 3 is 2.61 bits per heavy atom. The molecule has 2 aromatic heterocycles. The number of rotatable bonds is 6. The monoisotopic (exact) mass is 446 g/mol. The maximum Gasteiger partial charge on any atom is 0.246 e. The number of anilines is 1. The van der Waals surface area contributed by atoms with E-state index in [0.717, 1.165) is 30.6 Å². The zero-order valence-electron chi connectivity index (χ0n) is 17.3. The van der Waals surface area contributed by atoms with Crippen LogP contribution < -0.4 is 9.64 Å². The Morgan fingerprint density at radius 2 is 1.94 bits per heavy atom. The van der Waals surface area contributed by atoms with E-state index < -0.39 is 15.8 Å². The van der Waals surface area contributed by atoms with E-state index in [1.807, 2.05) is 17.0 Å². The summed E-state index contributed by atoms with van der Waals surface area (Å²) in [5.74, 6) is 1.53. The molecule has 0 bridgehead atoms. The van der Waals surface area contributed by atoms with Crippen LogP contribution in [0, 0.1) is 5.82 Å². The van der Waals surface area contributed by atoms with Crippen molar-refractivity contribution >= 4 is 21.5 Å². The van der Waals surface area contributed by atoms with Gasteiger partial charge in [0.05, 0.1) is 13.2 Å². The van der Waals surface area contributed by atoms with E-state index >= 15 is 0 Å². The van der Waals surface area contributed by atoms with Gasteiger partial charge in [0.1, 0.15) is 22.3 Å². The molecule has 0 amide bonds. The molecule has 164 valence electrons. The third-order valence-corrected chi connectivity index (χ3v) is 8.16. The molecule has 1 aliphatic heterocycles. The first-order valence-corrected chi connectivity index (χ1v) is 11.6. The second-order valence-electron chi connectivity index (χ2n) is 8.02. The lowest BCUT2D eigenvalue weighted by atomic mass is 9.85. The van der Waals surface area contributed by atoms with Gasteiger partial charge in [-0.2, -0.15) is 8.82 Å². The summed E-state index contributed by atoms with van der Waals surface area (Å²) in [4.78, 5) is 1.83. The summed E-state index contributed by atoms with van der Waals surface area (Å²) >= 11 is 0. The first-order chi connectivity index (χ1) is 14.9. The average molecular weight is 447 g/mol. The Balaban J connectivity index is 1.34. The number of fused-ring (bicyclic) bond motifs is 1. The van der Waals surface area contributed by atoms with Gasteiger partial charge in [-0.1, -0.05) is 6.42 Å². The minimum atomic E-state index is -3.91. The highest BCUT2D eigenvalue weighted by atomic mass is 32.2. The highest BCUT2D eigenvalue weighted by Gasteiger charge is 2.38. The number of benzene rings is 1. The fourth-order valence-electron chi connectivity index (χ4n) is 3.96. The molecule has 2 aliphatic rings. The fraction of sp³-hybridized carbons (Fsp3) is 0.450. The molecule has 1 saturated heterocycles. The van der Waals surface area contributed by atoms with Crippen LogP contribution >= 0.6 is 0 Å². The van der Waals surface area contributed by atoms with Crippen LogP contribution in [-0.2, 0) is 10.0 Å². The fourth-order valence-corrected chi connectivity index (χ4v) is 5.46. The molecule has 0 radical (unpaired) electrons. The number of ether oxygens (including phenoxy) is 1. The van der Waals surface area contributed by atoms with Gasteiger partial charge in [0.2, 0.25) is 10.0 Å². The second kappa shape index (κ2) is 7.41. The SMILES string of the molecule is COc1ccc(F)cc1S(=O)(=O)N(C)C1CN(c2ccc3nnc(C4CCC4)n3n2)C1. The number of nitrogens with zero attached hydrogens (tertiary/aromatic N) is 6. The lowest BCUT2D eigenvalue weighted by Gasteiger charge is -2.43. The zero-order valence-corrected chi connectivity index (χ0v) is 18.1. The Morgan fingerprint density at radius 1 is 1.16 bits per heavy atom. The van der Waals surface area contributed by atoms with Crippen LogP contribution in [0.2, 0.25) is 0 Å². The molecule has 5 rings (SSSR count). The van der Waals surface area contributed by atoms with Crippen LogP contribution in [0.15, 0.2) is 35.2 Å². The zero-order chi connectivity index (χ0) is 21.8. The quantitative estimate of drug-likeness (QED) is 0.572. The second-order valence-corrected chi connectivity index (χ2v) is 9.99. The number of sulfonamides is 1. The van der Waals surface area contributed by atoms with Crippen molar-refractivity contribution in [2.75, 3.05) is 32.1 Å². The summed E-state index contributed by atoms with van der Waals surface area (Å²) in [6, 6.07) is 6.97. The Labute approximate surface area is 179 Å². The van der Waals surface area contributed by atoms with Crippen molar-refractivity contribution in [1.82, 2.24) is 24.1 Å². The molecule has 1 aliphatic carbocycles. The molecule has 2 fully saturated rings. The Kier molecular flexibility index (Phi) is 4.82. The first kappa shape index (κ1) is 20.1. The topological polar surface area (TPSA) is 92.9 Å². The van der Waals surface area contributed by atoms with Gasteiger partial charge < -0.3 is 9.64 Å². The lowest BCUT2D eigenvalue weighted by molar-refractivity contribution is 0.306. The van der Waals surface area contributed by atoms with Crippen LogP contribution in [0.4, 0.5) is 10.2 Å². The molecule has 31 heavy (non-hydrogen) atoms. The number of methoxy groups -OCH3 is 1. The molecule has 9 nitrogen and oxygen atoms in total. The highest BCUT2D eigenvalue weighted by molar-refractivity contribution is 7.89. The van der Waals surface area contributed by atoms with E-state index in [1.54, 1.807) is 4.52 Å². The van der Waals surface area contributed by atoms with Gasteiger partial charge in [-0.05, 0) is 43.2 Å². The van der Waals surface area contributed by atoms with E-state index in [9.17, 15) is 12.8 Å². The molecule has 3 aromatic rings. The van der Waals surface area contributed by atoms with Gasteiger partial charge in [-0.3, -0.25) is 0 Å². The van der Waals surface area contributed by atoms with Gasteiger partial charge in [0, 0.05) is 26.1 Å². The van der Waals surface area contributed by atoms with E-state index in [0.29, 0.717) is 24.7 Å². The minimum absolute atomic E-state index is 0.118. The summed E-state index contributed by atoms with van der Waals surface area (Å²) in [7, 11) is -1.04. The summed E-state index contributed by atoms with van der Waals surface area (Å²) in [6.07, 6.45) is 3.40. The molecule has 0 unspecified atom stereocenters. The third kappa shape index (κ3) is 3.32. The van der Waals surface area contributed by atoms with Crippen LogP contribution in [0.25, 0.3) is 5.65 Å².